The summed E-state index contributed by atoms with van der Waals surface area (Å²) < 4.78 is 0. The second-order valence-electron chi connectivity index (χ2n) is 4.88. The Morgan fingerprint density at radius 1 is 0.833 bits per heavy atom. The van der Waals surface area contributed by atoms with Gasteiger partial charge in [0.15, 0.2) is 0 Å². The van der Waals surface area contributed by atoms with Crippen molar-refractivity contribution in [2.24, 2.45) is 16.7 Å². The fourth-order valence-electron chi connectivity index (χ4n) is 3.57. The van der Waals surface area contributed by atoms with Crippen LogP contribution < -0.4 is 0 Å². The van der Waals surface area contributed by atoms with E-state index in [4.69, 9.17) is 92.8 Å². The first-order chi connectivity index (χ1) is 8.32. The van der Waals surface area contributed by atoms with Crippen LogP contribution in [0.15, 0.2) is 0 Å². The predicted molar refractivity (Wildman–Crippen MR) is 83.9 cm³/mol. The van der Waals surface area contributed by atoms with Gasteiger partial charge in [0.25, 0.3) is 0 Å². The van der Waals surface area contributed by atoms with Gasteiger partial charge in [0.05, 0.1) is 21.5 Å². The molecule has 2 rings (SSSR count). The first kappa shape index (κ1) is 16.7. The molecule has 6 atom stereocenters. The number of hydrogen-bond acceptors (Lipinski definition) is 0. The Hall–Kier alpha value is 2.32. The van der Waals surface area contributed by atoms with Crippen LogP contribution in [0.1, 0.15) is 0 Å². The molecule has 0 aromatic rings. The van der Waals surface area contributed by atoms with E-state index in [9.17, 15) is 0 Å². The molecule has 0 spiro atoms. The molecule has 0 aliphatic heterocycles. The summed E-state index contributed by atoms with van der Waals surface area (Å²) in [6, 6.07) is 0. The van der Waals surface area contributed by atoms with Gasteiger partial charge in [0.1, 0.15) is 4.84 Å². The number of halogens is 8. The molecular formula is C10H10Cl8. The topological polar surface area (TPSA) is 0 Å². The molecule has 2 aliphatic rings. The van der Waals surface area contributed by atoms with Crippen molar-refractivity contribution in [2.75, 3.05) is 11.8 Å². The lowest BCUT2D eigenvalue weighted by atomic mass is 9.70. The van der Waals surface area contributed by atoms with Crippen LogP contribution in [0.3, 0.4) is 0 Å². The maximum Gasteiger partial charge on any atom is 0.117 e. The molecule has 0 aromatic carbocycles. The molecule has 2 aliphatic carbocycles. The van der Waals surface area contributed by atoms with E-state index in [0.29, 0.717) is 0 Å². The van der Waals surface area contributed by atoms with E-state index < -0.39 is 37.2 Å². The van der Waals surface area contributed by atoms with E-state index in [0.717, 1.165) is 0 Å². The highest BCUT2D eigenvalue weighted by atomic mass is 35.5. The Kier molecular flexibility index (Phi) is 5.10. The van der Waals surface area contributed by atoms with Crippen LogP contribution in [0.5, 0.6) is 0 Å². The van der Waals surface area contributed by atoms with Gasteiger partial charge in [0.2, 0.25) is 0 Å². The zero-order valence-corrected chi connectivity index (χ0v) is 14.9. The lowest BCUT2D eigenvalue weighted by Gasteiger charge is -2.45. The van der Waals surface area contributed by atoms with Crippen molar-refractivity contribution >= 4 is 92.8 Å². The van der Waals surface area contributed by atoms with E-state index >= 15 is 0 Å². The predicted octanol–water partition coefficient (Wildman–Crippen LogP) is 5.31. The molecule has 106 valence electrons. The normalized spacial score (nSPS) is 50.2. The van der Waals surface area contributed by atoms with Crippen LogP contribution in [0.4, 0.5) is 0 Å². The Morgan fingerprint density at radius 3 is 1.44 bits per heavy atom. The Morgan fingerprint density at radius 2 is 1.22 bits per heavy atom. The summed E-state index contributed by atoms with van der Waals surface area (Å²) in [4.78, 5) is -0.838. The fourth-order valence-corrected chi connectivity index (χ4v) is 8.53. The molecule has 0 N–H and O–H groups in total. The summed E-state index contributed by atoms with van der Waals surface area (Å²) in [5.74, 6) is 0.229. The van der Waals surface area contributed by atoms with Gasteiger partial charge in [-0.1, -0.05) is 0 Å². The molecule has 2 bridgehead atoms. The fraction of sp³-hybridized carbons (Fsp3) is 1.00. The molecule has 8 heteroatoms. The second-order valence-corrected chi connectivity index (χ2v) is 8.45. The lowest BCUT2D eigenvalue weighted by Crippen LogP contribution is -2.54. The average Bonchev–Trinajstić information content (AvgIpc) is 2.66. The molecule has 2 unspecified atom stereocenters. The van der Waals surface area contributed by atoms with Gasteiger partial charge in [-0.25, -0.2) is 0 Å². The van der Waals surface area contributed by atoms with Gasteiger partial charge in [0, 0.05) is 28.5 Å². The van der Waals surface area contributed by atoms with Crippen LogP contribution >= 0.6 is 92.8 Å². The Bertz CT molecular complexity index is 312. The first-order valence-electron chi connectivity index (χ1n) is 5.29. The average molecular weight is 414 g/mol. The van der Waals surface area contributed by atoms with Gasteiger partial charge in [-0.05, 0) is 0 Å². The van der Waals surface area contributed by atoms with E-state index in [1.54, 1.807) is 0 Å². The minimum absolute atomic E-state index is 0.208. The maximum atomic E-state index is 6.45. The molecule has 0 nitrogen and oxygen atoms in total. The molecule has 2 fully saturated rings. The van der Waals surface area contributed by atoms with Crippen molar-refractivity contribution in [2.45, 2.75) is 26.3 Å². The highest BCUT2D eigenvalue weighted by molar-refractivity contribution is 6.47. The zero-order valence-electron chi connectivity index (χ0n) is 8.90. The van der Waals surface area contributed by atoms with Crippen molar-refractivity contribution in [3.63, 3.8) is 0 Å². The van der Waals surface area contributed by atoms with Gasteiger partial charge in [-0.2, -0.15) is 0 Å². The van der Waals surface area contributed by atoms with E-state index in [1.807, 2.05) is 0 Å². The van der Waals surface area contributed by atoms with Crippen molar-refractivity contribution in [3.8, 4) is 0 Å². The summed E-state index contributed by atoms with van der Waals surface area (Å²) in [5, 5.41) is -1.83. The summed E-state index contributed by atoms with van der Waals surface area (Å²) >= 11 is 50.4. The highest BCUT2D eigenvalue weighted by Crippen LogP contribution is 2.74. The summed E-state index contributed by atoms with van der Waals surface area (Å²) in [6.45, 7) is 0. The van der Waals surface area contributed by atoms with Crippen molar-refractivity contribution < 1.29 is 0 Å². The van der Waals surface area contributed by atoms with Crippen molar-refractivity contribution in [1.82, 2.24) is 0 Å². The largest absolute Gasteiger partial charge is 0.126 e. The SMILES string of the molecule is ClCC1(CCl)C2[C@@H](Cl)[C@@H](Cl)C1(C(Cl)Cl)[C@H](Cl)[C@H]2Cl. The molecule has 0 radical (unpaired) electrons. The monoisotopic (exact) mass is 410 g/mol. The third-order valence-corrected chi connectivity index (χ3v) is 8.74. The second kappa shape index (κ2) is 5.51. The van der Waals surface area contributed by atoms with Gasteiger partial charge >= 0.3 is 0 Å². The molecule has 0 amide bonds. The first-order valence-corrected chi connectivity index (χ1v) is 8.98. The third-order valence-electron chi connectivity index (χ3n) is 4.50. The Labute approximate surface area is 146 Å². The smallest absolute Gasteiger partial charge is 0.117 e. The minimum Gasteiger partial charge on any atom is -0.126 e. The molecule has 0 saturated heterocycles. The number of hydrogen-bond donors (Lipinski definition) is 0. The maximum absolute atomic E-state index is 6.45. The van der Waals surface area contributed by atoms with Crippen LogP contribution in [-0.4, -0.2) is 38.1 Å². The van der Waals surface area contributed by atoms with Crippen LogP contribution in [0.25, 0.3) is 0 Å². The van der Waals surface area contributed by atoms with Gasteiger partial charge < -0.3 is 0 Å². The van der Waals surface area contributed by atoms with Gasteiger partial charge in [-0.15, -0.1) is 92.8 Å². The van der Waals surface area contributed by atoms with Crippen molar-refractivity contribution in [3.05, 3.63) is 0 Å². The van der Waals surface area contributed by atoms with E-state index in [2.05, 4.69) is 0 Å². The molecule has 18 heavy (non-hydrogen) atoms. The van der Waals surface area contributed by atoms with Crippen LogP contribution in [0.2, 0.25) is 0 Å². The van der Waals surface area contributed by atoms with Gasteiger partial charge in [-0.3, -0.25) is 0 Å². The lowest BCUT2D eigenvalue weighted by molar-refractivity contribution is 0.159. The summed E-state index contributed by atoms with van der Waals surface area (Å²) in [5.41, 5.74) is -1.53. The highest BCUT2D eigenvalue weighted by Gasteiger charge is 2.80. The minimum atomic E-state index is -0.883. The summed E-state index contributed by atoms with van der Waals surface area (Å²) in [6.07, 6.45) is 0. The standard InChI is InChI=1S/C10H10Cl8/c11-1-9(2-12)3-4(13)6(15)10(9,8(17)18)7(16)5(3)14/h3-8H,1-2H2/t3?,4-,5+,6-,7-,10?/m1/s1. The van der Waals surface area contributed by atoms with E-state index in [1.165, 1.54) is 0 Å². The van der Waals surface area contributed by atoms with Crippen molar-refractivity contribution in [1.29, 1.82) is 0 Å². The summed E-state index contributed by atoms with van der Waals surface area (Å²) in [7, 11) is 0. The molecule has 0 heterocycles. The quantitative estimate of drug-likeness (QED) is 0.550. The zero-order chi connectivity index (χ0) is 13.9. The molecule has 0 aromatic heterocycles. The number of rotatable bonds is 3. The molecule has 2 saturated carbocycles. The molecular weight excluding hydrogens is 404 g/mol. The Balaban J connectivity index is 2.66. The van der Waals surface area contributed by atoms with Crippen LogP contribution in [-0.2, 0) is 0 Å². The van der Waals surface area contributed by atoms with Crippen LogP contribution in [0, 0.1) is 16.7 Å². The third kappa shape index (κ3) is 1.67. The number of fused-ring (bicyclic) bond motifs is 2. The van der Waals surface area contributed by atoms with E-state index in [-0.39, 0.29) is 17.7 Å². The number of alkyl halides is 8.